The van der Waals surface area contributed by atoms with Crippen molar-refractivity contribution < 1.29 is 9.53 Å². The minimum Gasteiger partial charge on any atom is -0.481 e. The lowest BCUT2D eigenvalue weighted by atomic mass is 9.93. The van der Waals surface area contributed by atoms with Gasteiger partial charge in [-0.15, -0.1) is 0 Å². The summed E-state index contributed by atoms with van der Waals surface area (Å²) >= 11 is 3.37. The highest BCUT2D eigenvalue weighted by molar-refractivity contribution is 9.10. The Kier molecular flexibility index (Phi) is 6.53. The molecule has 3 nitrogen and oxygen atoms in total. The van der Waals surface area contributed by atoms with Crippen molar-refractivity contribution in [2.75, 3.05) is 0 Å². The summed E-state index contributed by atoms with van der Waals surface area (Å²) < 4.78 is 6.65. The maximum atomic E-state index is 12.2. The summed E-state index contributed by atoms with van der Waals surface area (Å²) in [7, 11) is 0. The molecule has 0 bridgehead atoms. The minimum atomic E-state index is -0.504. The van der Waals surface area contributed by atoms with E-state index in [1.54, 1.807) is 6.92 Å². The molecule has 1 amide bonds. The van der Waals surface area contributed by atoms with Crippen molar-refractivity contribution in [1.29, 1.82) is 0 Å². The zero-order valence-electron chi connectivity index (χ0n) is 12.8. The second-order valence-corrected chi connectivity index (χ2v) is 6.65. The second kappa shape index (κ2) is 7.67. The first-order valence-electron chi connectivity index (χ1n) is 7.04. The number of nitrogens with one attached hydrogen (secondary N) is 1. The third kappa shape index (κ3) is 5.16. The number of hydrogen-bond donors (Lipinski definition) is 1. The highest BCUT2D eigenvalue weighted by Crippen LogP contribution is 2.18. The molecular weight excluding hydrogens is 318 g/mol. The Hall–Kier alpha value is -1.03. The van der Waals surface area contributed by atoms with Crippen LogP contribution in [-0.2, 0) is 4.79 Å². The van der Waals surface area contributed by atoms with Crippen molar-refractivity contribution in [1.82, 2.24) is 5.32 Å². The van der Waals surface area contributed by atoms with Crippen LogP contribution in [0.1, 0.15) is 34.6 Å². The first-order chi connectivity index (χ1) is 9.31. The third-order valence-corrected chi connectivity index (χ3v) is 3.77. The van der Waals surface area contributed by atoms with E-state index in [0.717, 1.165) is 4.47 Å². The zero-order chi connectivity index (χ0) is 15.3. The molecule has 0 radical (unpaired) electrons. The van der Waals surface area contributed by atoms with E-state index in [4.69, 9.17) is 4.74 Å². The Morgan fingerprint density at radius 1 is 1.05 bits per heavy atom. The summed E-state index contributed by atoms with van der Waals surface area (Å²) in [6.07, 6.45) is -0.504. The fourth-order valence-corrected chi connectivity index (χ4v) is 2.42. The molecule has 0 fully saturated rings. The number of benzene rings is 1. The Labute approximate surface area is 130 Å². The van der Waals surface area contributed by atoms with Crippen LogP contribution in [-0.4, -0.2) is 18.1 Å². The van der Waals surface area contributed by atoms with Gasteiger partial charge in [-0.2, -0.15) is 0 Å². The lowest BCUT2D eigenvalue weighted by molar-refractivity contribution is -0.128. The number of halogens is 1. The maximum absolute atomic E-state index is 12.2. The molecule has 1 rings (SSSR count). The third-order valence-electron chi connectivity index (χ3n) is 3.24. The van der Waals surface area contributed by atoms with Crippen LogP contribution in [0.2, 0.25) is 0 Å². The molecule has 0 aliphatic heterocycles. The van der Waals surface area contributed by atoms with Crippen LogP contribution in [0.25, 0.3) is 0 Å². The van der Waals surface area contributed by atoms with Gasteiger partial charge in [-0.25, -0.2) is 0 Å². The van der Waals surface area contributed by atoms with Crippen LogP contribution < -0.4 is 10.1 Å². The first kappa shape index (κ1) is 17.0. The molecule has 0 aliphatic rings. The maximum Gasteiger partial charge on any atom is 0.261 e. The molecule has 1 atom stereocenters. The number of hydrogen-bond acceptors (Lipinski definition) is 2. The van der Waals surface area contributed by atoms with Crippen molar-refractivity contribution in [3.63, 3.8) is 0 Å². The topological polar surface area (TPSA) is 38.3 Å². The van der Waals surface area contributed by atoms with E-state index in [1.807, 2.05) is 24.3 Å². The van der Waals surface area contributed by atoms with Gasteiger partial charge in [0.2, 0.25) is 0 Å². The van der Waals surface area contributed by atoms with Crippen molar-refractivity contribution in [2.24, 2.45) is 11.8 Å². The molecule has 0 aromatic heterocycles. The van der Waals surface area contributed by atoms with Gasteiger partial charge in [0.05, 0.1) is 0 Å². The average Bonchev–Trinajstić information content (AvgIpc) is 2.37. The van der Waals surface area contributed by atoms with Crippen molar-refractivity contribution >= 4 is 21.8 Å². The molecule has 0 heterocycles. The van der Waals surface area contributed by atoms with Crippen LogP contribution in [0.3, 0.4) is 0 Å². The van der Waals surface area contributed by atoms with Crippen molar-refractivity contribution in [2.45, 2.75) is 46.8 Å². The molecule has 112 valence electrons. The molecule has 4 heteroatoms. The van der Waals surface area contributed by atoms with E-state index in [0.29, 0.717) is 17.6 Å². The highest BCUT2D eigenvalue weighted by Gasteiger charge is 2.23. The fraction of sp³-hybridized carbons (Fsp3) is 0.562. The fourth-order valence-electron chi connectivity index (χ4n) is 2.16. The molecule has 0 unspecified atom stereocenters. The molecule has 1 aromatic rings. The van der Waals surface area contributed by atoms with E-state index >= 15 is 0 Å². The molecule has 1 N–H and O–H groups in total. The van der Waals surface area contributed by atoms with Gasteiger partial charge in [-0.05, 0) is 43.0 Å². The normalized spacial score (nSPS) is 12.8. The largest absolute Gasteiger partial charge is 0.481 e. The summed E-state index contributed by atoms with van der Waals surface area (Å²) in [4.78, 5) is 12.2. The zero-order valence-corrected chi connectivity index (χ0v) is 14.4. The Morgan fingerprint density at radius 2 is 1.55 bits per heavy atom. The van der Waals surface area contributed by atoms with Gasteiger partial charge in [0.1, 0.15) is 5.75 Å². The number of amides is 1. The summed E-state index contributed by atoms with van der Waals surface area (Å²) in [6, 6.07) is 7.64. The smallest absolute Gasteiger partial charge is 0.261 e. The quantitative estimate of drug-likeness (QED) is 0.848. The summed E-state index contributed by atoms with van der Waals surface area (Å²) in [5.74, 6) is 1.43. The minimum absolute atomic E-state index is 0.0691. The van der Waals surface area contributed by atoms with Crippen LogP contribution >= 0.6 is 15.9 Å². The summed E-state index contributed by atoms with van der Waals surface area (Å²) in [6.45, 7) is 10.2. The van der Waals surface area contributed by atoms with Crippen LogP contribution in [0, 0.1) is 11.8 Å². The van der Waals surface area contributed by atoms with Gasteiger partial charge in [-0.1, -0.05) is 43.6 Å². The lowest BCUT2D eigenvalue weighted by Crippen LogP contribution is -2.47. The van der Waals surface area contributed by atoms with Gasteiger partial charge < -0.3 is 10.1 Å². The van der Waals surface area contributed by atoms with Crippen molar-refractivity contribution in [3.05, 3.63) is 28.7 Å². The Bertz CT molecular complexity index is 421. The standard InChI is InChI=1S/C16H24BrNO2/c1-10(2)15(11(3)4)18-16(19)12(5)20-14-8-6-13(17)7-9-14/h6-12,15H,1-5H3,(H,18,19)/t12-/m0/s1. The predicted molar refractivity (Wildman–Crippen MR) is 85.8 cm³/mol. The number of carbonyl (C=O) groups excluding carboxylic acids is 1. The molecule has 0 saturated carbocycles. The van der Waals surface area contributed by atoms with E-state index in [-0.39, 0.29) is 11.9 Å². The molecular formula is C16H24BrNO2. The Balaban J connectivity index is 2.60. The number of carbonyl (C=O) groups is 1. The lowest BCUT2D eigenvalue weighted by Gasteiger charge is -2.27. The molecule has 0 saturated heterocycles. The first-order valence-corrected chi connectivity index (χ1v) is 7.83. The van der Waals surface area contributed by atoms with E-state index in [9.17, 15) is 4.79 Å². The van der Waals surface area contributed by atoms with Crippen LogP contribution in [0.4, 0.5) is 0 Å². The molecule has 0 aliphatic carbocycles. The van der Waals surface area contributed by atoms with Crippen LogP contribution in [0.5, 0.6) is 5.75 Å². The predicted octanol–water partition coefficient (Wildman–Crippen LogP) is 4.01. The average molecular weight is 342 g/mol. The van der Waals surface area contributed by atoms with E-state index in [2.05, 4.69) is 48.9 Å². The number of ether oxygens (including phenoxy) is 1. The van der Waals surface area contributed by atoms with Gasteiger partial charge in [0.25, 0.3) is 5.91 Å². The molecule has 1 aromatic carbocycles. The SMILES string of the molecule is CC(C)C(NC(=O)[C@H](C)Oc1ccc(Br)cc1)C(C)C. The number of rotatable bonds is 6. The van der Waals surface area contributed by atoms with Gasteiger partial charge in [0, 0.05) is 10.5 Å². The summed E-state index contributed by atoms with van der Waals surface area (Å²) in [5, 5.41) is 3.07. The summed E-state index contributed by atoms with van der Waals surface area (Å²) in [5.41, 5.74) is 0. The highest BCUT2D eigenvalue weighted by atomic mass is 79.9. The van der Waals surface area contributed by atoms with Gasteiger partial charge >= 0.3 is 0 Å². The van der Waals surface area contributed by atoms with Gasteiger partial charge in [-0.3, -0.25) is 4.79 Å². The molecule has 0 spiro atoms. The monoisotopic (exact) mass is 341 g/mol. The molecule has 20 heavy (non-hydrogen) atoms. The van der Waals surface area contributed by atoms with E-state index in [1.165, 1.54) is 0 Å². The van der Waals surface area contributed by atoms with Gasteiger partial charge in [0.15, 0.2) is 6.10 Å². The van der Waals surface area contributed by atoms with Crippen molar-refractivity contribution in [3.8, 4) is 5.75 Å². The second-order valence-electron chi connectivity index (χ2n) is 5.74. The Morgan fingerprint density at radius 3 is 2.00 bits per heavy atom. The van der Waals surface area contributed by atoms with E-state index < -0.39 is 6.10 Å². The van der Waals surface area contributed by atoms with Crippen LogP contribution in [0.15, 0.2) is 28.7 Å².